The molecule has 0 radical (unpaired) electrons. The minimum absolute atomic E-state index is 0.163. The third-order valence-corrected chi connectivity index (χ3v) is 5.48. The van der Waals surface area contributed by atoms with Gasteiger partial charge in [-0.1, -0.05) is 49.6 Å². The van der Waals surface area contributed by atoms with E-state index in [1.54, 1.807) is 11.9 Å². The molecule has 2 fully saturated rings. The number of amides is 4. The van der Waals surface area contributed by atoms with Crippen LogP contribution >= 0.6 is 0 Å². The number of nitrogens with zero attached hydrogens (tertiary/aromatic N) is 2. The van der Waals surface area contributed by atoms with Crippen LogP contribution in [0.15, 0.2) is 30.3 Å². The Bertz CT molecular complexity index is 656. The molecule has 0 bridgehead atoms. The molecule has 1 aromatic carbocycles. The number of carbonyl (C=O) groups excluding carboxylic acids is 3. The van der Waals surface area contributed by atoms with Crippen molar-refractivity contribution in [1.29, 1.82) is 0 Å². The van der Waals surface area contributed by atoms with Gasteiger partial charge in [0.15, 0.2) is 0 Å². The SMILES string of the molecule is CN(C(=O)CN1C(=O)NC(CCc2ccccc2)C1=O)C1CCCCC1. The zero-order valence-corrected chi connectivity index (χ0v) is 15.3. The van der Waals surface area contributed by atoms with Crippen LogP contribution in [0.1, 0.15) is 44.1 Å². The molecule has 1 saturated heterocycles. The lowest BCUT2D eigenvalue weighted by molar-refractivity contribution is -0.138. The van der Waals surface area contributed by atoms with Gasteiger partial charge in [-0.25, -0.2) is 4.79 Å². The van der Waals surface area contributed by atoms with Crippen LogP contribution in [0, 0.1) is 0 Å². The summed E-state index contributed by atoms with van der Waals surface area (Å²) < 4.78 is 0. The van der Waals surface area contributed by atoms with E-state index in [-0.39, 0.29) is 24.4 Å². The number of imide groups is 1. The van der Waals surface area contributed by atoms with E-state index >= 15 is 0 Å². The van der Waals surface area contributed by atoms with Crippen molar-refractivity contribution in [2.75, 3.05) is 13.6 Å². The Balaban J connectivity index is 1.54. The van der Waals surface area contributed by atoms with Gasteiger partial charge in [0, 0.05) is 13.1 Å². The molecule has 1 aliphatic heterocycles. The van der Waals surface area contributed by atoms with Gasteiger partial charge in [-0.05, 0) is 31.2 Å². The summed E-state index contributed by atoms with van der Waals surface area (Å²) in [6, 6.07) is 9.08. The number of carbonyl (C=O) groups is 3. The number of nitrogens with one attached hydrogen (secondary N) is 1. The van der Waals surface area contributed by atoms with Crippen LogP contribution in [0.3, 0.4) is 0 Å². The highest BCUT2D eigenvalue weighted by atomic mass is 16.2. The molecule has 4 amide bonds. The van der Waals surface area contributed by atoms with E-state index in [4.69, 9.17) is 0 Å². The Labute approximate surface area is 154 Å². The topological polar surface area (TPSA) is 69.7 Å². The maximum Gasteiger partial charge on any atom is 0.325 e. The summed E-state index contributed by atoms with van der Waals surface area (Å²) in [7, 11) is 1.78. The van der Waals surface area contributed by atoms with Gasteiger partial charge >= 0.3 is 6.03 Å². The van der Waals surface area contributed by atoms with Crippen molar-refractivity contribution in [3.05, 3.63) is 35.9 Å². The highest BCUT2D eigenvalue weighted by Gasteiger charge is 2.39. The van der Waals surface area contributed by atoms with E-state index in [9.17, 15) is 14.4 Å². The van der Waals surface area contributed by atoms with Crippen LogP contribution in [0.2, 0.25) is 0 Å². The second-order valence-electron chi connectivity index (χ2n) is 7.25. The van der Waals surface area contributed by atoms with E-state index in [2.05, 4.69) is 5.32 Å². The number of aryl methyl sites for hydroxylation is 1. The summed E-state index contributed by atoms with van der Waals surface area (Å²) >= 11 is 0. The lowest BCUT2D eigenvalue weighted by Crippen LogP contribution is -2.46. The van der Waals surface area contributed by atoms with Gasteiger partial charge in [-0.3, -0.25) is 14.5 Å². The normalized spacial score (nSPS) is 21.0. The van der Waals surface area contributed by atoms with Crippen LogP contribution in [0.4, 0.5) is 4.79 Å². The van der Waals surface area contributed by atoms with E-state index < -0.39 is 12.1 Å². The van der Waals surface area contributed by atoms with Crippen molar-refractivity contribution in [3.63, 3.8) is 0 Å². The van der Waals surface area contributed by atoms with Crippen molar-refractivity contribution in [3.8, 4) is 0 Å². The predicted molar refractivity (Wildman–Crippen MR) is 98.4 cm³/mol. The van der Waals surface area contributed by atoms with E-state index in [0.717, 1.165) is 36.1 Å². The van der Waals surface area contributed by atoms with Gasteiger partial charge in [0.1, 0.15) is 12.6 Å². The smallest absolute Gasteiger partial charge is 0.325 e. The highest BCUT2D eigenvalue weighted by Crippen LogP contribution is 2.22. The van der Waals surface area contributed by atoms with Gasteiger partial charge in [0.05, 0.1) is 0 Å². The number of likely N-dealkylation sites (N-methyl/N-ethyl adjacent to an activating group) is 1. The van der Waals surface area contributed by atoms with Crippen LogP contribution in [0.25, 0.3) is 0 Å². The van der Waals surface area contributed by atoms with Crippen molar-refractivity contribution in [2.45, 2.75) is 57.0 Å². The second-order valence-corrected chi connectivity index (χ2v) is 7.25. The quantitative estimate of drug-likeness (QED) is 0.795. The van der Waals surface area contributed by atoms with Crippen molar-refractivity contribution < 1.29 is 14.4 Å². The standard InChI is InChI=1S/C20H27N3O3/c1-22(16-10-6-3-7-11-16)18(24)14-23-19(25)17(21-20(23)26)13-12-15-8-4-2-5-9-15/h2,4-5,8-9,16-17H,3,6-7,10-14H2,1H3,(H,21,26). The average molecular weight is 357 g/mol. The molecule has 6 nitrogen and oxygen atoms in total. The van der Waals surface area contributed by atoms with Crippen molar-refractivity contribution in [2.24, 2.45) is 0 Å². The molecule has 26 heavy (non-hydrogen) atoms. The number of hydrogen-bond donors (Lipinski definition) is 1. The highest BCUT2D eigenvalue weighted by molar-refractivity contribution is 6.06. The molecule has 1 N–H and O–H groups in total. The van der Waals surface area contributed by atoms with Crippen molar-refractivity contribution >= 4 is 17.8 Å². The molecule has 1 atom stereocenters. The first kappa shape index (κ1) is 18.4. The summed E-state index contributed by atoms with van der Waals surface area (Å²) in [5.41, 5.74) is 1.13. The van der Waals surface area contributed by atoms with Crippen LogP contribution < -0.4 is 5.32 Å². The third kappa shape index (κ3) is 4.23. The number of hydrogen-bond acceptors (Lipinski definition) is 3. The fourth-order valence-electron chi connectivity index (χ4n) is 3.80. The Morgan fingerprint density at radius 2 is 1.85 bits per heavy atom. The van der Waals surface area contributed by atoms with E-state index in [1.165, 1.54) is 6.42 Å². The molecule has 3 rings (SSSR count). The first-order valence-corrected chi connectivity index (χ1v) is 9.47. The van der Waals surface area contributed by atoms with E-state index in [1.807, 2.05) is 30.3 Å². The van der Waals surface area contributed by atoms with E-state index in [0.29, 0.717) is 12.8 Å². The van der Waals surface area contributed by atoms with Gasteiger partial charge in [0.2, 0.25) is 5.91 Å². The zero-order chi connectivity index (χ0) is 18.5. The lowest BCUT2D eigenvalue weighted by Gasteiger charge is -2.32. The van der Waals surface area contributed by atoms with Crippen LogP contribution in [-0.4, -0.2) is 53.3 Å². The number of benzene rings is 1. The minimum Gasteiger partial charge on any atom is -0.341 e. The monoisotopic (exact) mass is 357 g/mol. The maximum absolute atomic E-state index is 12.5. The van der Waals surface area contributed by atoms with Gasteiger partial charge in [-0.15, -0.1) is 0 Å². The largest absolute Gasteiger partial charge is 0.341 e. The number of urea groups is 1. The summed E-state index contributed by atoms with van der Waals surface area (Å²) in [4.78, 5) is 40.0. The van der Waals surface area contributed by atoms with Gasteiger partial charge in [0.25, 0.3) is 5.91 Å². The number of rotatable bonds is 6. The molecule has 140 valence electrons. The average Bonchev–Trinajstić information content (AvgIpc) is 2.94. The molecule has 0 spiro atoms. The third-order valence-electron chi connectivity index (χ3n) is 5.48. The van der Waals surface area contributed by atoms with Gasteiger partial charge in [-0.2, -0.15) is 0 Å². The van der Waals surface area contributed by atoms with Crippen molar-refractivity contribution in [1.82, 2.24) is 15.1 Å². The molecule has 1 heterocycles. The maximum atomic E-state index is 12.5. The summed E-state index contributed by atoms with van der Waals surface area (Å²) in [6.45, 7) is -0.167. The Morgan fingerprint density at radius 1 is 1.15 bits per heavy atom. The van der Waals surface area contributed by atoms with Crippen LogP contribution in [-0.2, 0) is 16.0 Å². The second kappa shape index (κ2) is 8.34. The molecule has 1 aromatic rings. The Kier molecular flexibility index (Phi) is 5.91. The molecule has 1 saturated carbocycles. The first-order valence-electron chi connectivity index (χ1n) is 9.47. The molecule has 2 aliphatic rings. The Morgan fingerprint density at radius 3 is 2.54 bits per heavy atom. The van der Waals surface area contributed by atoms with Gasteiger partial charge < -0.3 is 10.2 Å². The zero-order valence-electron chi connectivity index (χ0n) is 15.3. The minimum atomic E-state index is -0.546. The molecular formula is C20H27N3O3. The fourth-order valence-corrected chi connectivity index (χ4v) is 3.80. The van der Waals surface area contributed by atoms with Crippen LogP contribution in [0.5, 0.6) is 0 Å². The summed E-state index contributed by atoms with van der Waals surface area (Å²) in [5.74, 6) is -0.458. The summed E-state index contributed by atoms with van der Waals surface area (Å²) in [6.07, 6.45) is 6.73. The molecule has 1 aliphatic carbocycles. The molecular weight excluding hydrogens is 330 g/mol. The first-order chi connectivity index (χ1) is 12.6. The molecule has 0 aromatic heterocycles. The lowest BCUT2D eigenvalue weighted by atomic mass is 9.94. The predicted octanol–water partition coefficient (Wildman–Crippen LogP) is 2.33. The fraction of sp³-hybridized carbons (Fsp3) is 0.550. The molecule has 1 unspecified atom stereocenters. The molecule has 6 heteroatoms. The Hall–Kier alpha value is -2.37. The summed E-state index contributed by atoms with van der Waals surface area (Å²) in [5, 5.41) is 2.71.